The fourth-order valence-corrected chi connectivity index (χ4v) is 2.65. The highest BCUT2D eigenvalue weighted by Crippen LogP contribution is 2.25. The smallest absolute Gasteiger partial charge is 0.161 e. The summed E-state index contributed by atoms with van der Waals surface area (Å²) in [6.45, 7) is 2.56. The third kappa shape index (κ3) is 3.25. The lowest BCUT2D eigenvalue weighted by Gasteiger charge is -2.22. The molecular weight excluding hydrogens is 224 g/mol. The molecule has 0 aliphatic heterocycles. The molecule has 3 nitrogen and oxygen atoms in total. The van der Waals surface area contributed by atoms with Crippen molar-refractivity contribution in [2.45, 2.75) is 39.0 Å². The number of nitrogen functional groups attached to an aromatic ring is 1. The van der Waals surface area contributed by atoms with E-state index < -0.39 is 0 Å². The minimum Gasteiger partial charge on any atom is -0.398 e. The normalized spacial score (nSPS) is 16.5. The van der Waals surface area contributed by atoms with Crippen LogP contribution in [-0.2, 0) is 0 Å². The predicted molar refractivity (Wildman–Crippen MR) is 75.9 cm³/mol. The summed E-state index contributed by atoms with van der Waals surface area (Å²) in [6, 6.07) is 5.61. The minimum absolute atomic E-state index is 0.0198. The van der Waals surface area contributed by atoms with E-state index in [9.17, 15) is 4.79 Å². The lowest BCUT2D eigenvalue weighted by molar-refractivity contribution is 0.101. The largest absolute Gasteiger partial charge is 0.398 e. The van der Waals surface area contributed by atoms with Crippen molar-refractivity contribution in [3.8, 4) is 0 Å². The van der Waals surface area contributed by atoms with Crippen LogP contribution in [0.1, 0.15) is 49.4 Å². The zero-order valence-electron chi connectivity index (χ0n) is 11.0. The van der Waals surface area contributed by atoms with Crippen molar-refractivity contribution >= 4 is 17.2 Å². The maximum atomic E-state index is 11.3. The summed E-state index contributed by atoms with van der Waals surface area (Å²) >= 11 is 0. The lowest BCUT2D eigenvalue weighted by atomic mass is 9.89. The molecule has 98 valence electrons. The minimum atomic E-state index is 0.0198. The molecule has 3 heteroatoms. The van der Waals surface area contributed by atoms with E-state index in [0.717, 1.165) is 18.2 Å². The zero-order chi connectivity index (χ0) is 13.0. The maximum Gasteiger partial charge on any atom is 0.161 e. The molecule has 1 fully saturated rings. The number of benzene rings is 1. The maximum absolute atomic E-state index is 11.3. The van der Waals surface area contributed by atoms with Crippen LogP contribution < -0.4 is 11.1 Å². The molecule has 0 amide bonds. The first-order valence-electron chi connectivity index (χ1n) is 6.81. The number of nitrogens with two attached hydrogens (primary N) is 1. The van der Waals surface area contributed by atoms with Gasteiger partial charge < -0.3 is 11.1 Å². The van der Waals surface area contributed by atoms with Crippen LogP contribution in [0.15, 0.2) is 18.2 Å². The van der Waals surface area contributed by atoms with Crippen molar-refractivity contribution in [1.82, 2.24) is 0 Å². The van der Waals surface area contributed by atoms with Crippen molar-refractivity contribution in [2.75, 3.05) is 17.6 Å². The van der Waals surface area contributed by atoms with Crippen LogP contribution in [0.5, 0.6) is 0 Å². The Morgan fingerprint density at radius 1 is 1.33 bits per heavy atom. The second kappa shape index (κ2) is 5.89. The van der Waals surface area contributed by atoms with Crippen LogP contribution >= 0.6 is 0 Å². The van der Waals surface area contributed by atoms with Gasteiger partial charge >= 0.3 is 0 Å². The van der Waals surface area contributed by atoms with Gasteiger partial charge in [-0.25, -0.2) is 0 Å². The Kier molecular flexibility index (Phi) is 4.24. The van der Waals surface area contributed by atoms with E-state index in [1.165, 1.54) is 32.1 Å². The summed E-state index contributed by atoms with van der Waals surface area (Å²) in [5.41, 5.74) is 8.06. The van der Waals surface area contributed by atoms with Crippen molar-refractivity contribution in [3.63, 3.8) is 0 Å². The molecule has 0 heterocycles. The third-order valence-electron chi connectivity index (χ3n) is 3.75. The molecule has 0 spiro atoms. The van der Waals surface area contributed by atoms with Crippen LogP contribution in [0.2, 0.25) is 0 Å². The molecule has 0 radical (unpaired) electrons. The third-order valence-corrected chi connectivity index (χ3v) is 3.75. The average molecular weight is 246 g/mol. The van der Waals surface area contributed by atoms with Gasteiger partial charge in [-0.05, 0) is 43.9 Å². The molecule has 0 bridgehead atoms. The van der Waals surface area contributed by atoms with Gasteiger partial charge in [0.05, 0.1) is 0 Å². The van der Waals surface area contributed by atoms with Crippen molar-refractivity contribution in [1.29, 1.82) is 0 Å². The van der Waals surface area contributed by atoms with E-state index in [-0.39, 0.29) is 5.78 Å². The standard InChI is InChI=1S/C15H22N2O/c1-11(18)14-8-7-13(9-15(14)16)17-10-12-5-3-2-4-6-12/h7-9,12,17H,2-6,10,16H2,1H3. The van der Waals surface area contributed by atoms with E-state index in [0.29, 0.717) is 11.3 Å². The number of anilines is 2. The first-order chi connectivity index (χ1) is 8.66. The van der Waals surface area contributed by atoms with Gasteiger partial charge in [-0.15, -0.1) is 0 Å². The molecule has 3 N–H and O–H groups in total. The van der Waals surface area contributed by atoms with Crippen LogP contribution in [-0.4, -0.2) is 12.3 Å². The van der Waals surface area contributed by atoms with Gasteiger partial charge in [0.2, 0.25) is 0 Å². The number of hydrogen-bond donors (Lipinski definition) is 2. The Hall–Kier alpha value is -1.51. The Balaban J connectivity index is 1.93. The van der Waals surface area contributed by atoms with Gasteiger partial charge in [0, 0.05) is 23.5 Å². The topological polar surface area (TPSA) is 55.1 Å². The molecule has 2 rings (SSSR count). The molecule has 1 saturated carbocycles. The number of carbonyl (C=O) groups excluding carboxylic acids is 1. The second-order valence-electron chi connectivity index (χ2n) is 5.24. The van der Waals surface area contributed by atoms with Crippen LogP contribution in [0.25, 0.3) is 0 Å². The van der Waals surface area contributed by atoms with Crippen LogP contribution in [0, 0.1) is 5.92 Å². The second-order valence-corrected chi connectivity index (χ2v) is 5.24. The highest BCUT2D eigenvalue weighted by molar-refractivity contribution is 5.99. The summed E-state index contributed by atoms with van der Waals surface area (Å²) in [7, 11) is 0. The molecular formula is C15H22N2O. The molecule has 1 aromatic rings. The van der Waals surface area contributed by atoms with Gasteiger partial charge in [-0.2, -0.15) is 0 Å². The molecule has 0 saturated heterocycles. The van der Waals surface area contributed by atoms with E-state index in [1.807, 2.05) is 12.1 Å². The van der Waals surface area contributed by atoms with Gasteiger partial charge in [0.1, 0.15) is 0 Å². The van der Waals surface area contributed by atoms with Crippen molar-refractivity contribution in [3.05, 3.63) is 23.8 Å². The van der Waals surface area contributed by atoms with E-state index in [1.54, 1.807) is 13.0 Å². The molecule has 1 aromatic carbocycles. The van der Waals surface area contributed by atoms with E-state index in [4.69, 9.17) is 5.73 Å². The summed E-state index contributed by atoms with van der Waals surface area (Å²) in [6.07, 6.45) is 6.76. The Labute approximate surface area is 109 Å². The van der Waals surface area contributed by atoms with Crippen LogP contribution in [0.3, 0.4) is 0 Å². The van der Waals surface area contributed by atoms with Gasteiger partial charge in [0.15, 0.2) is 5.78 Å². The molecule has 0 atom stereocenters. The molecule has 1 aliphatic carbocycles. The fourth-order valence-electron chi connectivity index (χ4n) is 2.65. The number of ketones is 1. The number of carbonyl (C=O) groups is 1. The molecule has 0 unspecified atom stereocenters. The number of rotatable bonds is 4. The van der Waals surface area contributed by atoms with Gasteiger partial charge in [-0.3, -0.25) is 4.79 Å². The highest BCUT2D eigenvalue weighted by atomic mass is 16.1. The SMILES string of the molecule is CC(=O)c1ccc(NCC2CCCCC2)cc1N. The first-order valence-corrected chi connectivity index (χ1v) is 6.81. The predicted octanol–water partition coefficient (Wildman–Crippen LogP) is 3.46. The van der Waals surface area contributed by atoms with Crippen molar-refractivity contribution < 1.29 is 4.79 Å². The summed E-state index contributed by atoms with van der Waals surface area (Å²) < 4.78 is 0. The molecule has 0 aromatic heterocycles. The fraction of sp³-hybridized carbons (Fsp3) is 0.533. The summed E-state index contributed by atoms with van der Waals surface area (Å²) in [5.74, 6) is 0.804. The van der Waals surface area contributed by atoms with Crippen molar-refractivity contribution in [2.24, 2.45) is 5.92 Å². The number of Topliss-reactive ketones (excluding diaryl/α,β-unsaturated/α-hetero) is 1. The number of hydrogen-bond acceptors (Lipinski definition) is 3. The lowest BCUT2D eigenvalue weighted by Crippen LogP contribution is -2.17. The first kappa shape index (κ1) is 12.9. The van der Waals surface area contributed by atoms with Gasteiger partial charge in [-0.1, -0.05) is 19.3 Å². The zero-order valence-corrected chi connectivity index (χ0v) is 11.0. The molecule has 18 heavy (non-hydrogen) atoms. The monoisotopic (exact) mass is 246 g/mol. The Morgan fingerprint density at radius 3 is 2.67 bits per heavy atom. The van der Waals surface area contributed by atoms with Crippen LogP contribution in [0.4, 0.5) is 11.4 Å². The number of nitrogens with one attached hydrogen (secondary N) is 1. The van der Waals surface area contributed by atoms with E-state index in [2.05, 4.69) is 5.32 Å². The Bertz CT molecular complexity index is 423. The highest BCUT2D eigenvalue weighted by Gasteiger charge is 2.13. The van der Waals surface area contributed by atoms with E-state index >= 15 is 0 Å². The molecule has 1 aliphatic rings. The Morgan fingerprint density at radius 2 is 2.06 bits per heavy atom. The summed E-state index contributed by atoms with van der Waals surface area (Å²) in [5, 5.41) is 3.43. The average Bonchev–Trinajstić information content (AvgIpc) is 2.37. The van der Waals surface area contributed by atoms with Gasteiger partial charge in [0.25, 0.3) is 0 Å². The summed E-state index contributed by atoms with van der Waals surface area (Å²) in [4.78, 5) is 11.3. The quantitative estimate of drug-likeness (QED) is 0.632.